The third-order valence-corrected chi connectivity index (χ3v) is 3.99. The molecular weight excluding hydrogens is 372 g/mol. The molecule has 0 spiro atoms. The lowest BCUT2D eigenvalue weighted by atomic mass is 10.1. The van der Waals surface area contributed by atoms with Crippen LogP contribution in [0.4, 0.5) is 0 Å². The molecule has 1 aromatic carbocycles. The standard InChI is InChI=1S/C17H24N4O5S/c1-10(17(25)26)20-16(24)13(9-27)21-14(22)8-19-15(23)12(18)7-11-5-3-2-4-6-11/h2-6,10,12-13,27H,7-9,18H2,1H3,(H,19,23)(H,20,24)(H,21,22)(H,25,26). The molecule has 0 aromatic heterocycles. The number of rotatable bonds is 10. The highest BCUT2D eigenvalue weighted by molar-refractivity contribution is 7.80. The molecule has 0 aliphatic heterocycles. The largest absolute Gasteiger partial charge is 0.480 e. The van der Waals surface area contributed by atoms with Gasteiger partial charge in [0.2, 0.25) is 17.7 Å². The van der Waals surface area contributed by atoms with Crippen molar-refractivity contribution in [2.75, 3.05) is 12.3 Å². The van der Waals surface area contributed by atoms with Gasteiger partial charge in [-0.15, -0.1) is 0 Å². The summed E-state index contributed by atoms with van der Waals surface area (Å²) in [6.45, 7) is 0.930. The van der Waals surface area contributed by atoms with Crippen molar-refractivity contribution in [3.8, 4) is 0 Å². The van der Waals surface area contributed by atoms with Crippen molar-refractivity contribution in [2.45, 2.75) is 31.5 Å². The van der Waals surface area contributed by atoms with Gasteiger partial charge in [0.05, 0.1) is 12.6 Å². The average molecular weight is 396 g/mol. The number of nitrogens with two attached hydrogens (primary N) is 1. The van der Waals surface area contributed by atoms with Crippen molar-refractivity contribution in [1.29, 1.82) is 0 Å². The Morgan fingerprint density at radius 1 is 1.11 bits per heavy atom. The number of carboxylic acid groups (broad SMARTS) is 1. The highest BCUT2D eigenvalue weighted by Crippen LogP contribution is 2.01. The second kappa shape index (κ2) is 11.2. The zero-order valence-electron chi connectivity index (χ0n) is 14.8. The van der Waals surface area contributed by atoms with E-state index in [-0.39, 0.29) is 12.3 Å². The zero-order valence-corrected chi connectivity index (χ0v) is 15.7. The van der Waals surface area contributed by atoms with Crippen molar-refractivity contribution in [3.63, 3.8) is 0 Å². The van der Waals surface area contributed by atoms with Gasteiger partial charge in [0.1, 0.15) is 12.1 Å². The third kappa shape index (κ3) is 8.09. The first kappa shape index (κ1) is 22.5. The van der Waals surface area contributed by atoms with E-state index in [1.807, 2.05) is 30.3 Å². The van der Waals surface area contributed by atoms with E-state index >= 15 is 0 Å². The summed E-state index contributed by atoms with van der Waals surface area (Å²) in [6, 6.07) is 6.25. The Morgan fingerprint density at radius 3 is 2.30 bits per heavy atom. The minimum atomic E-state index is -1.20. The number of benzene rings is 1. The molecule has 148 valence electrons. The van der Waals surface area contributed by atoms with Crippen molar-refractivity contribution >= 4 is 36.3 Å². The van der Waals surface area contributed by atoms with Crippen LogP contribution >= 0.6 is 12.6 Å². The van der Waals surface area contributed by atoms with Gasteiger partial charge in [-0.3, -0.25) is 19.2 Å². The Balaban J connectivity index is 2.44. The van der Waals surface area contributed by atoms with Gasteiger partial charge < -0.3 is 26.8 Å². The molecule has 3 amide bonds. The fourth-order valence-corrected chi connectivity index (χ4v) is 2.33. The normalized spacial score (nSPS) is 13.7. The van der Waals surface area contributed by atoms with E-state index in [9.17, 15) is 19.2 Å². The molecule has 0 bridgehead atoms. The molecule has 1 rings (SSSR count). The van der Waals surface area contributed by atoms with Crippen molar-refractivity contribution in [1.82, 2.24) is 16.0 Å². The zero-order chi connectivity index (χ0) is 20.4. The number of thiol groups is 1. The maximum atomic E-state index is 12.0. The Bertz CT molecular complexity index is 671. The number of aliphatic carboxylic acids is 1. The van der Waals surface area contributed by atoms with Crippen molar-refractivity contribution in [2.24, 2.45) is 5.73 Å². The van der Waals surface area contributed by atoms with Gasteiger partial charge in [0.15, 0.2) is 0 Å². The van der Waals surface area contributed by atoms with E-state index in [1.165, 1.54) is 6.92 Å². The highest BCUT2D eigenvalue weighted by Gasteiger charge is 2.23. The highest BCUT2D eigenvalue weighted by atomic mass is 32.1. The van der Waals surface area contributed by atoms with Crippen LogP contribution in [0.5, 0.6) is 0 Å². The first-order chi connectivity index (χ1) is 12.7. The third-order valence-electron chi connectivity index (χ3n) is 3.62. The van der Waals surface area contributed by atoms with Gasteiger partial charge in [0, 0.05) is 5.75 Å². The molecule has 0 saturated heterocycles. The molecular formula is C17H24N4O5S. The van der Waals surface area contributed by atoms with Gasteiger partial charge >= 0.3 is 5.97 Å². The molecule has 3 atom stereocenters. The summed E-state index contributed by atoms with van der Waals surface area (Å²) in [5, 5.41) is 15.8. The Morgan fingerprint density at radius 2 is 1.74 bits per heavy atom. The number of carbonyl (C=O) groups excluding carboxylic acids is 3. The lowest BCUT2D eigenvalue weighted by Crippen LogP contribution is -2.54. The molecule has 3 unspecified atom stereocenters. The fraction of sp³-hybridized carbons (Fsp3) is 0.412. The maximum absolute atomic E-state index is 12.0. The van der Waals surface area contributed by atoms with E-state index in [4.69, 9.17) is 10.8 Å². The minimum Gasteiger partial charge on any atom is -0.480 e. The molecule has 27 heavy (non-hydrogen) atoms. The molecule has 0 fully saturated rings. The van der Waals surface area contributed by atoms with Crippen LogP contribution in [-0.4, -0.2) is 59.2 Å². The predicted octanol–water partition coefficient (Wildman–Crippen LogP) is -1.32. The van der Waals surface area contributed by atoms with Crippen LogP contribution in [0, 0.1) is 0 Å². The predicted molar refractivity (Wildman–Crippen MR) is 102 cm³/mol. The quantitative estimate of drug-likeness (QED) is 0.270. The number of carboxylic acids is 1. The summed E-state index contributed by atoms with van der Waals surface area (Å²) in [4.78, 5) is 46.6. The van der Waals surface area contributed by atoms with Crippen LogP contribution in [0.15, 0.2) is 30.3 Å². The molecule has 10 heteroatoms. The molecule has 0 saturated carbocycles. The number of hydrogen-bond donors (Lipinski definition) is 6. The SMILES string of the molecule is CC(NC(=O)C(CS)NC(=O)CNC(=O)C(N)Cc1ccccc1)C(=O)O. The van der Waals surface area contributed by atoms with E-state index in [2.05, 4.69) is 28.6 Å². The molecule has 6 N–H and O–H groups in total. The fourth-order valence-electron chi connectivity index (χ4n) is 2.07. The molecule has 0 heterocycles. The van der Waals surface area contributed by atoms with Crippen LogP contribution < -0.4 is 21.7 Å². The number of hydrogen-bond acceptors (Lipinski definition) is 6. The lowest BCUT2D eigenvalue weighted by Gasteiger charge is -2.18. The van der Waals surface area contributed by atoms with Gasteiger partial charge in [-0.25, -0.2) is 0 Å². The van der Waals surface area contributed by atoms with Crippen LogP contribution in [0.25, 0.3) is 0 Å². The van der Waals surface area contributed by atoms with E-state index in [0.29, 0.717) is 6.42 Å². The van der Waals surface area contributed by atoms with Crippen molar-refractivity contribution < 1.29 is 24.3 Å². The first-order valence-electron chi connectivity index (χ1n) is 8.25. The van der Waals surface area contributed by atoms with Crippen LogP contribution in [0.2, 0.25) is 0 Å². The number of carbonyl (C=O) groups is 4. The minimum absolute atomic E-state index is 0.0363. The Kier molecular flexibility index (Phi) is 9.31. The summed E-state index contributed by atoms with van der Waals surface area (Å²) < 4.78 is 0. The summed E-state index contributed by atoms with van der Waals surface area (Å²) in [5.41, 5.74) is 6.71. The Hall–Kier alpha value is -2.59. The molecule has 1 aromatic rings. The summed E-state index contributed by atoms with van der Waals surface area (Å²) in [6.07, 6.45) is 0.322. The molecule has 0 aliphatic carbocycles. The van der Waals surface area contributed by atoms with Crippen molar-refractivity contribution in [3.05, 3.63) is 35.9 Å². The van der Waals surface area contributed by atoms with Crippen LogP contribution in [-0.2, 0) is 25.6 Å². The Labute approximate surface area is 162 Å². The summed E-state index contributed by atoms with van der Waals surface area (Å²) >= 11 is 3.97. The van der Waals surface area contributed by atoms with Crippen LogP contribution in [0.3, 0.4) is 0 Å². The average Bonchev–Trinajstić information content (AvgIpc) is 2.64. The molecule has 0 radical (unpaired) electrons. The first-order valence-corrected chi connectivity index (χ1v) is 8.88. The molecule has 9 nitrogen and oxygen atoms in total. The second-order valence-electron chi connectivity index (χ2n) is 5.89. The number of amides is 3. The summed E-state index contributed by atoms with van der Waals surface area (Å²) in [7, 11) is 0. The van der Waals surface area contributed by atoms with E-state index in [0.717, 1.165) is 5.56 Å². The monoisotopic (exact) mass is 396 g/mol. The van der Waals surface area contributed by atoms with Gasteiger partial charge in [-0.05, 0) is 18.9 Å². The van der Waals surface area contributed by atoms with Crippen LogP contribution in [0.1, 0.15) is 12.5 Å². The summed E-state index contributed by atoms with van der Waals surface area (Å²) in [5.74, 6) is -3.04. The van der Waals surface area contributed by atoms with E-state index < -0.39 is 41.8 Å². The van der Waals surface area contributed by atoms with E-state index in [1.54, 1.807) is 0 Å². The molecule has 0 aliphatic rings. The smallest absolute Gasteiger partial charge is 0.325 e. The number of nitrogens with one attached hydrogen (secondary N) is 3. The maximum Gasteiger partial charge on any atom is 0.325 e. The topological polar surface area (TPSA) is 151 Å². The second-order valence-corrected chi connectivity index (χ2v) is 6.25. The lowest BCUT2D eigenvalue weighted by molar-refractivity contribution is -0.141. The van der Waals surface area contributed by atoms with Gasteiger partial charge in [0.25, 0.3) is 0 Å². The van der Waals surface area contributed by atoms with Gasteiger partial charge in [-0.1, -0.05) is 30.3 Å². The van der Waals surface area contributed by atoms with Gasteiger partial charge in [-0.2, -0.15) is 12.6 Å².